The number of aryl methyl sites for hydroxylation is 2. The molecule has 0 saturated heterocycles. The van der Waals surface area contributed by atoms with E-state index in [0.717, 1.165) is 16.6 Å². The summed E-state index contributed by atoms with van der Waals surface area (Å²) in [6.45, 7) is 0. The smallest absolute Gasteiger partial charge is 0.416 e. The van der Waals surface area contributed by atoms with Crippen LogP contribution in [0.15, 0.2) is 36.7 Å². The van der Waals surface area contributed by atoms with Gasteiger partial charge in [0.15, 0.2) is 11.3 Å². The van der Waals surface area contributed by atoms with Crippen molar-refractivity contribution in [2.24, 2.45) is 5.73 Å². The van der Waals surface area contributed by atoms with Gasteiger partial charge in [0.2, 0.25) is 0 Å². The van der Waals surface area contributed by atoms with Gasteiger partial charge in [0.25, 0.3) is 5.91 Å². The molecule has 25 heavy (non-hydrogen) atoms. The van der Waals surface area contributed by atoms with E-state index in [1.807, 2.05) is 0 Å². The number of aromatic nitrogens is 3. The van der Waals surface area contributed by atoms with E-state index < -0.39 is 17.6 Å². The molecule has 6 nitrogen and oxygen atoms in total. The molecule has 2 heterocycles. The standard InChI is InChI=1S/C16H13F3N4O2/c17-16(18,19)11-5-2-9(3-6-11)1-4-10-7-12(24)13(14(20)25)23-15(10)21-8-22-23/h2-3,5-8,24H,1,4H2,(H2,20,25). The normalized spacial score (nSPS) is 11.8. The Morgan fingerprint density at radius 1 is 1.20 bits per heavy atom. The second-order valence-electron chi connectivity index (χ2n) is 5.46. The highest BCUT2D eigenvalue weighted by atomic mass is 19.4. The average molecular weight is 350 g/mol. The Kier molecular flexibility index (Phi) is 4.07. The molecule has 0 spiro atoms. The predicted octanol–water partition coefficient (Wildman–Crippen LogP) is 2.34. The molecule has 0 radical (unpaired) electrons. The number of fused-ring (bicyclic) bond motifs is 1. The molecule has 9 heteroatoms. The number of rotatable bonds is 4. The molecule has 1 aromatic carbocycles. The van der Waals surface area contributed by atoms with Gasteiger partial charge in [-0.25, -0.2) is 9.50 Å². The molecule has 130 valence electrons. The van der Waals surface area contributed by atoms with Crippen molar-refractivity contribution in [1.29, 1.82) is 0 Å². The minimum atomic E-state index is -4.37. The number of hydrogen-bond donors (Lipinski definition) is 2. The lowest BCUT2D eigenvalue weighted by atomic mass is 10.0. The summed E-state index contributed by atoms with van der Waals surface area (Å²) in [7, 11) is 0. The van der Waals surface area contributed by atoms with Crippen molar-refractivity contribution < 1.29 is 23.1 Å². The Bertz CT molecular complexity index is 933. The third-order valence-electron chi connectivity index (χ3n) is 3.80. The fourth-order valence-electron chi connectivity index (χ4n) is 2.58. The molecule has 3 rings (SSSR count). The molecular formula is C16H13F3N4O2. The second kappa shape index (κ2) is 6.08. The molecule has 0 saturated carbocycles. The second-order valence-corrected chi connectivity index (χ2v) is 5.46. The van der Waals surface area contributed by atoms with Gasteiger partial charge in [0.1, 0.15) is 12.1 Å². The maximum Gasteiger partial charge on any atom is 0.416 e. The number of nitrogens with two attached hydrogens (primary N) is 1. The summed E-state index contributed by atoms with van der Waals surface area (Å²) in [5.41, 5.74) is 6.00. The van der Waals surface area contributed by atoms with Gasteiger partial charge in [-0.15, -0.1) is 0 Å². The zero-order valence-corrected chi connectivity index (χ0v) is 12.8. The first-order valence-electron chi connectivity index (χ1n) is 7.28. The van der Waals surface area contributed by atoms with Crippen molar-refractivity contribution >= 4 is 11.6 Å². The van der Waals surface area contributed by atoms with Crippen LogP contribution >= 0.6 is 0 Å². The van der Waals surface area contributed by atoms with E-state index in [-0.39, 0.29) is 11.4 Å². The van der Waals surface area contributed by atoms with E-state index >= 15 is 0 Å². The largest absolute Gasteiger partial charge is 0.505 e. The number of hydrogen-bond acceptors (Lipinski definition) is 4. The fourth-order valence-corrected chi connectivity index (χ4v) is 2.58. The summed E-state index contributed by atoms with van der Waals surface area (Å²) in [4.78, 5) is 15.5. The van der Waals surface area contributed by atoms with Crippen molar-refractivity contribution in [3.8, 4) is 5.75 Å². The molecule has 0 aliphatic rings. The fraction of sp³-hybridized carbons (Fsp3) is 0.188. The Hall–Kier alpha value is -3.10. The van der Waals surface area contributed by atoms with Crippen LogP contribution < -0.4 is 5.73 Å². The van der Waals surface area contributed by atoms with Gasteiger partial charge in [-0.2, -0.15) is 18.3 Å². The van der Waals surface area contributed by atoms with Gasteiger partial charge in [-0.3, -0.25) is 4.79 Å². The Morgan fingerprint density at radius 3 is 2.48 bits per heavy atom. The van der Waals surface area contributed by atoms with Crippen LogP contribution in [0.2, 0.25) is 0 Å². The highest BCUT2D eigenvalue weighted by molar-refractivity contribution is 5.94. The Labute approximate surface area is 139 Å². The highest BCUT2D eigenvalue weighted by Crippen LogP contribution is 2.29. The molecule has 2 aromatic heterocycles. The average Bonchev–Trinajstić information content (AvgIpc) is 3.00. The quantitative estimate of drug-likeness (QED) is 0.755. The van der Waals surface area contributed by atoms with Crippen molar-refractivity contribution in [3.63, 3.8) is 0 Å². The van der Waals surface area contributed by atoms with Crippen LogP contribution in [-0.4, -0.2) is 25.6 Å². The maximum atomic E-state index is 12.6. The zero-order chi connectivity index (χ0) is 18.2. The van der Waals surface area contributed by atoms with E-state index in [2.05, 4.69) is 10.1 Å². The van der Waals surface area contributed by atoms with E-state index in [4.69, 9.17) is 5.73 Å². The van der Waals surface area contributed by atoms with Gasteiger partial charge < -0.3 is 10.8 Å². The van der Waals surface area contributed by atoms with Crippen molar-refractivity contribution in [2.75, 3.05) is 0 Å². The van der Waals surface area contributed by atoms with Gasteiger partial charge >= 0.3 is 6.18 Å². The van der Waals surface area contributed by atoms with E-state index in [0.29, 0.717) is 29.6 Å². The van der Waals surface area contributed by atoms with Crippen LogP contribution in [0.25, 0.3) is 5.65 Å². The Morgan fingerprint density at radius 2 is 1.88 bits per heavy atom. The number of benzene rings is 1. The van der Waals surface area contributed by atoms with Crippen LogP contribution in [0, 0.1) is 0 Å². The molecule has 3 N–H and O–H groups in total. The molecule has 1 amide bonds. The van der Waals surface area contributed by atoms with Crippen LogP contribution in [0.5, 0.6) is 5.75 Å². The molecule has 0 aliphatic heterocycles. The number of alkyl halides is 3. The number of aromatic hydroxyl groups is 1. The molecule has 0 fully saturated rings. The lowest BCUT2D eigenvalue weighted by Crippen LogP contribution is -2.17. The Balaban J connectivity index is 1.86. The third kappa shape index (κ3) is 3.25. The minimum Gasteiger partial charge on any atom is -0.505 e. The van der Waals surface area contributed by atoms with Crippen LogP contribution in [-0.2, 0) is 19.0 Å². The van der Waals surface area contributed by atoms with Gasteiger partial charge in [0, 0.05) is 5.56 Å². The number of carbonyl (C=O) groups excluding carboxylic acids is 1. The number of primary amides is 1. The number of halogens is 3. The predicted molar refractivity (Wildman–Crippen MR) is 82.0 cm³/mol. The molecule has 3 aromatic rings. The summed E-state index contributed by atoms with van der Waals surface area (Å²) in [6, 6.07) is 6.22. The van der Waals surface area contributed by atoms with E-state index in [9.17, 15) is 23.1 Å². The van der Waals surface area contributed by atoms with Gasteiger partial charge in [-0.05, 0) is 36.6 Å². The first-order valence-corrected chi connectivity index (χ1v) is 7.28. The molecular weight excluding hydrogens is 337 g/mol. The van der Waals surface area contributed by atoms with Crippen LogP contribution in [0.4, 0.5) is 13.2 Å². The molecule has 0 unspecified atom stereocenters. The number of amides is 1. The lowest BCUT2D eigenvalue weighted by molar-refractivity contribution is -0.137. The molecule has 0 atom stereocenters. The van der Waals surface area contributed by atoms with Gasteiger partial charge in [0.05, 0.1) is 5.56 Å². The topological polar surface area (TPSA) is 93.5 Å². The van der Waals surface area contributed by atoms with Crippen LogP contribution in [0.1, 0.15) is 27.2 Å². The first-order chi connectivity index (χ1) is 11.8. The van der Waals surface area contributed by atoms with Crippen LogP contribution in [0.3, 0.4) is 0 Å². The molecule has 0 bridgehead atoms. The zero-order valence-electron chi connectivity index (χ0n) is 12.8. The minimum absolute atomic E-state index is 0.175. The van der Waals surface area contributed by atoms with E-state index in [1.54, 1.807) is 0 Å². The van der Waals surface area contributed by atoms with Crippen molar-refractivity contribution in [3.05, 3.63) is 59.0 Å². The lowest BCUT2D eigenvalue weighted by Gasteiger charge is -2.10. The summed E-state index contributed by atoms with van der Waals surface area (Å²) in [6.07, 6.45) is -2.33. The highest BCUT2D eigenvalue weighted by Gasteiger charge is 2.29. The summed E-state index contributed by atoms with van der Waals surface area (Å²) >= 11 is 0. The number of carbonyl (C=O) groups is 1. The van der Waals surface area contributed by atoms with Crippen molar-refractivity contribution in [1.82, 2.24) is 14.6 Å². The number of pyridine rings is 1. The van der Waals surface area contributed by atoms with Gasteiger partial charge in [-0.1, -0.05) is 12.1 Å². The monoisotopic (exact) mass is 350 g/mol. The summed E-state index contributed by atoms with van der Waals surface area (Å²) in [5.74, 6) is -1.17. The SMILES string of the molecule is NC(=O)c1c(O)cc(CCc2ccc(C(F)(F)F)cc2)c2ncnn12. The third-order valence-corrected chi connectivity index (χ3v) is 3.80. The summed E-state index contributed by atoms with van der Waals surface area (Å²) < 4.78 is 38.9. The summed E-state index contributed by atoms with van der Waals surface area (Å²) in [5, 5.41) is 13.9. The first kappa shape index (κ1) is 16.7. The number of nitrogens with zero attached hydrogens (tertiary/aromatic N) is 3. The van der Waals surface area contributed by atoms with E-state index in [1.165, 1.54) is 24.5 Å². The maximum absolute atomic E-state index is 12.6. The van der Waals surface area contributed by atoms with Crippen molar-refractivity contribution in [2.45, 2.75) is 19.0 Å². The molecule has 0 aliphatic carbocycles.